The molecule has 1 heterocycles. The molecule has 0 radical (unpaired) electrons. The number of piperazine rings is 1. The van der Waals surface area contributed by atoms with E-state index in [9.17, 15) is 0 Å². The summed E-state index contributed by atoms with van der Waals surface area (Å²) in [6, 6.07) is 8.03. The Morgan fingerprint density at radius 3 is 2.44 bits per heavy atom. The van der Waals surface area contributed by atoms with Crippen LogP contribution in [0.3, 0.4) is 0 Å². The lowest BCUT2D eigenvalue weighted by atomic mass is 10.2. The zero-order valence-electron chi connectivity index (χ0n) is 11.2. The summed E-state index contributed by atoms with van der Waals surface area (Å²) in [6.07, 6.45) is 1.92. The topological polar surface area (TPSA) is 28.1 Å². The van der Waals surface area contributed by atoms with Crippen LogP contribution in [0.25, 0.3) is 0 Å². The SMILES string of the molecule is CCOc1ccc(C=NN2CCN(C)CC2)cc1. The number of rotatable bonds is 4. The van der Waals surface area contributed by atoms with Crippen molar-refractivity contribution in [1.82, 2.24) is 9.91 Å². The number of likely N-dealkylation sites (N-methyl/N-ethyl adjacent to an activating group) is 1. The number of benzene rings is 1. The molecule has 1 aliphatic heterocycles. The Morgan fingerprint density at radius 1 is 1.17 bits per heavy atom. The van der Waals surface area contributed by atoms with E-state index in [4.69, 9.17) is 4.74 Å². The van der Waals surface area contributed by atoms with Crippen molar-refractivity contribution in [2.24, 2.45) is 5.10 Å². The van der Waals surface area contributed by atoms with Crippen molar-refractivity contribution in [3.8, 4) is 5.75 Å². The molecule has 18 heavy (non-hydrogen) atoms. The van der Waals surface area contributed by atoms with Gasteiger partial charge in [-0.3, -0.25) is 5.01 Å². The molecule has 1 saturated heterocycles. The Hall–Kier alpha value is -1.55. The zero-order valence-corrected chi connectivity index (χ0v) is 11.2. The maximum absolute atomic E-state index is 5.41. The van der Waals surface area contributed by atoms with Gasteiger partial charge in [-0.1, -0.05) is 0 Å². The first-order valence-electron chi connectivity index (χ1n) is 6.48. The van der Waals surface area contributed by atoms with Crippen LogP contribution in [0.15, 0.2) is 29.4 Å². The maximum atomic E-state index is 5.41. The maximum Gasteiger partial charge on any atom is 0.119 e. The molecule has 4 nitrogen and oxygen atoms in total. The predicted octanol–water partition coefficient (Wildman–Crippen LogP) is 1.67. The van der Waals surface area contributed by atoms with Crippen LogP contribution in [-0.2, 0) is 0 Å². The van der Waals surface area contributed by atoms with Gasteiger partial charge < -0.3 is 9.64 Å². The molecule has 0 aromatic heterocycles. The first-order valence-corrected chi connectivity index (χ1v) is 6.48. The lowest BCUT2D eigenvalue weighted by Crippen LogP contribution is -2.41. The summed E-state index contributed by atoms with van der Waals surface area (Å²) >= 11 is 0. The summed E-state index contributed by atoms with van der Waals surface area (Å²) in [5.74, 6) is 0.911. The highest BCUT2D eigenvalue weighted by Crippen LogP contribution is 2.11. The minimum atomic E-state index is 0.703. The molecular formula is C14H21N3O. The van der Waals surface area contributed by atoms with Crippen molar-refractivity contribution < 1.29 is 4.74 Å². The first kappa shape index (κ1) is 12.9. The summed E-state index contributed by atoms with van der Waals surface area (Å²) in [4.78, 5) is 2.32. The Balaban J connectivity index is 1.88. The lowest BCUT2D eigenvalue weighted by molar-refractivity contribution is 0.159. The van der Waals surface area contributed by atoms with Crippen molar-refractivity contribution in [2.75, 3.05) is 39.8 Å². The minimum absolute atomic E-state index is 0.703. The normalized spacial score (nSPS) is 17.3. The van der Waals surface area contributed by atoms with E-state index in [0.717, 1.165) is 37.5 Å². The van der Waals surface area contributed by atoms with Crippen LogP contribution in [0.4, 0.5) is 0 Å². The Morgan fingerprint density at radius 2 is 1.83 bits per heavy atom. The lowest BCUT2D eigenvalue weighted by Gasteiger charge is -2.30. The molecule has 1 aliphatic rings. The molecule has 4 heteroatoms. The summed E-state index contributed by atoms with van der Waals surface area (Å²) in [7, 11) is 2.15. The molecule has 1 aromatic carbocycles. The van der Waals surface area contributed by atoms with Gasteiger partial charge in [0.25, 0.3) is 0 Å². The third-order valence-corrected chi connectivity index (χ3v) is 3.04. The summed E-state index contributed by atoms with van der Waals surface area (Å²) < 4.78 is 5.41. The van der Waals surface area contributed by atoms with E-state index in [1.807, 2.05) is 37.4 Å². The van der Waals surface area contributed by atoms with Gasteiger partial charge in [0.2, 0.25) is 0 Å². The van der Waals surface area contributed by atoms with Crippen LogP contribution >= 0.6 is 0 Å². The van der Waals surface area contributed by atoms with Crippen LogP contribution in [-0.4, -0.2) is 56.0 Å². The Labute approximate surface area is 109 Å². The standard InChI is InChI=1S/C14H21N3O/c1-3-18-14-6-4-13(5-7-14)12-15-17-10-8-16(2)9-11-17/h4-7,12H,3,8-11H2,1-2H3. The fraction of sp³-hybridized carbons (Fsp3) is 0.500. The van der Waals surface area contributed by atoms with Gasteiger partial charge in [0, 0.05) is 26.2 Å². The van der Waals surface area contributed by atoms with Gasteiger partial charge in [-0.2, -0.15) is 5.10 Å². The number of hydrogen-bond acceptors (Lipinski definition) is 4. The number of ether oxygens (including phenoxy) is 1. The second-order valence-corrected chi connectivity index (χ2v) is 4.50. The van der Waals surface area contributed by atoms with Crippen LogP contribution in [0, 0.1) is 0 Å². The van der Waals surface area contributed by atoms with E-state index >= 15 is 0 Å². The fourth-order valence-electron chi connectivity index (χ4n) is 1.88. The van der Waals surface area contributed by atoms with E-state index in [0.29, 0.717) is 6.61 Å². The van der Waals surface area contributed by atoms with E-state index in [2.05, 4.69) is 22.1 Å². The van der Waals surface area contributed by atoms with Gasteiger partial charge in [-0.15, -0.1) is 0 Å². The molecule has 0 unspecified atom stereocenters. The highest BCUT2D eigenvalue weighted by molar-refractivity contribution is 5.79. The molecule has 98 valence electrons. The van der Waals surface area contributed by atoms with Crippen LogP contribution in [0.2, 0.25) is 0 Å². The van der Waals surface area contributed by atoms with Gasteiger partial charge in [0.1, 0.15) is 5.75 Å². The third kappa shape index (κ3) is 3.74. The molecule has 1 aromatic rings. The van der Waals surface area contributed by atoms with Crippen molar-refractivity contribution in [3.05, 3.63) is 29.8 Å². The molecule has 0 bridgehead atoms. The second-order valence-electron chi connectivity index (χ2n) is 4.50. The van der Waals surface area contributed by atoms with Crippen molar-refractivity contribution >= 4 is 6.21 Å². The van der Waals surface area contributed by atoms with Gasteiger partial charge in [-0.25, -0.2) is 0 Å². The van der Waals surface area contributed by atoms with Crippen molar-refractivity contribution in [1.29, 1.82) is 0 Å². The number of nitrogens with zero attached hydrogens (tertiary/aromatic N) is 3. The van der Waals surface area contributed by atoms with Crippen molar-refractivity contribution in [3.63, 3.8) is 0 Å². The van der Waals surface area contributed by atoms with Crippen LogP contribution in [0.5, 0.6) is 5.75 Å². The van der Waals surface area contributed by atoms with E-state index in [-0.39, 0.29) is 0 Å². The molecular weight excluding hydrogens is 226 g/mol. The fourth-order valence-corrected chi connectivity index (χ4v) is 1.88. The zero-order chi connectivity index (χ0) is 12.8. The average molecular weight is 247 g/mol. The Kier molecular flexibility index (Phi) is 4.59. The molecule has 1 fully saturated rings. The summed E-state index contributed by atoms with van der Waals surface area (Å²) in [6.45, 7) is 6.87. The third-order valence-electron chi connectivity index (χ3n) is 3.04. The molecule has 0 N–H and O–H groups in total. The van der Waals surface area contributed by atoms with E-state index in [1.54, 1.807) is 0 Å². The minimum Gasteiger partial charge on any atom is -0.494 e. The highest BCUT2D eigenvalue weighted by atomic mass is 16.5. The largest absolute Gasteiger partial charge is 0.494 e. The monoisotopic (exact) mass is 247 g/mol. The second kappa shape index (κ2) is 6.40. The molecule has 2 rings (SSSR count). The number of hydrazone groups is 1. The number of hydrogen-bond donors (Lipinski definition) is 0. The van der Waals surface area contributed by atoms with Crippen molar-refractivity contribution in [2.45, 2.75) is 6.92 Å². The van der Waals surface area contributed by atoms with Gasteiger partial charge in [0.05, 0.1) is 12.8 Å². The van der Waals surface area contributed by atoms with E-state index in [1.165, 1.54) is 0 Å². The Bertz CT molecular complexity index is 381. The van der Waals surface area contributed by atoms with Gasteiger partial charge in [0.15, 0.2) is 0 Å². The predicted molar refractivity (Wildman–Crippen MR) is 74.3 cm³/mol. The molecule has 0 atom stereocenters. The van der Waals surface area contributed by atoms with Crippen LogP contribution in [0.1, 0.15) is 12.5 Å². The molecule has 0 amide bonds. The van der Waals surface area contributed by atoms with Gasteiger partial charge >= 0.3 is 0 Å². The smallest absolute Gasteiger partial charge is 0.119 e. The summed E-state index contributed by atoms with van der Waals surface area (Å²) in [5.41, 5.74) is 1.11. The van der Waals surface area contributed by atoms with E-state index < -0.39 is 0 Å². The molecule has 0 aliphatic carbocycles. The first-order chi connectivity index (χ1) is 8.78. The van der Waals surface area contributed by atoms with Gasteiger partial charge in [-0.05, 0) is 43.8 Å². The molecule has 0 spiro atoms. The quantitative estimate of drug-likeness (QED) is 0.758. The molecule has 0 saturated carbocycles. The highest BCUT2D eigenvalue weighted by Gasteiger charge is 2.10. The van der Waals surface area contributed by atoms with Crippen LogP contribution < -0.4 is 4.74 Å². The summed E-state index contributed by atoms with van der Waals surface area (Å²) in [5, 5.41) is 6.63. The average Bonchev–Trinajstić information content (AvgIpc) is 2.40.